The third-order valence-electron chi connectivity index (χ3n) is 5.31. The SMILES string of the molecule is O=C(CSc1ccc2c(c1)CCC2)N(c1ccccc1)[C@H]1CCS(=O)(=O)C1. The van der Waals surface area contributed by atoms with Crippen LogP contribution in [-0.2, 0) is 27.5 Å². The molecule has 4 rings (SSSR count). The van der Waals surface area contributed by atoms with Gasteiger partial charge in [-0.15, -0.1) is 11.8 Å². The van der Waals surface area contributed by atoms with E-state index in [1.165, 1.54) is 29.3 Å². The Hall–Kier alpha value is -1.79. The molecule has 2 aromatic rings. The van der Waals surface area contributed by atoms with Crippen LogP contribution in [0, 0.1) is 0 Å². The average Bonchev–Trinajstić information content (AvgIpc) is 3.26. The summed E-state index contributed by atoms with van der Waals surface area (Å²) >= 11 is 1.54. The van der Waals surface area contributed by atoms with Crippen molar-refractivity contribution in [2.24, 2.45) is 0 Å². The Morgan fingerprint density at radius 2 is 1.85 bits per heavy atom. The molecule has 1 aliphatic carbocycles. The van der Waals surface area contributed by atoms with Gasteiger partial charge in [0.05, 0.1) is 23.3 Å². The monoisotopic (exact) mass is 401 g/mol. The Bertz CT molecular complexity index is 941. The molecular formula is C21H23NO3S2. The van der Waals surface area contributed by atoms with E-state index in [4.69, 9.17) is 0 Å². The second kappa shape index (κ2) is 7.68. The highest BCUT2D eigenvalue weighted by Crippen LogP contribution is 2.29. The van der Waals surface area contributed by atoms with Gasteiger partial charge in [0.15, 0.2) is 9.84 Å². The molecule has 1 atom stereocenters. The first-order chi connectivity index (χ1) is 13.0. The number of carbonyl (C=O) groups excluding carboxylic acids is 1. The topological polar surface area (TPSA) is 54.5 Å². The standard InChI is InChI=1S/C21H23NO3S2/c23-21(14-26-20-10-9-16-5-4-6-17(16)13-20)22(18-7-2-1-3-8-18)19-11-12-27(24,25)15-19/h1-3,7-10,13,19H,4-6,11-12,14-15H2/t19-/m0/s1. The lowest BCUT2D eigenvalue weighted by atomic mass is 10.1. The highest BCUT2D eigenvalue weighted by Gasteiger charge is 2.35. The summed E-state index contributed by atoms with van der Waals surface area (Å²) < 4.78 is 23.9. The van der Waals surface area contributed by atoms with E-state index >= 15 is 0 Å². The van der Waals surface area contributed by atoms with Crippen LogP contribution in [-0.4, -0.2) is 37.6 Å². The van der Waals surface area contributed by atoms with Crippen LogP contribution in [0.1, 0.15) is 24.0 Å². The molecule has 0 spiro atoms. The first kappa shape index (κ1) is 18.6. The number of hydrogen-bond acceptors (Lipinski definition) is 4. The Balaban J connectivity index is 1.50. The van der Waals surface area contributed by atoms with E-state index in [9.17, 15) is 13.2 Å². The Kier molecular flexibility index (Phi) is 5.28. The fraction of sp³-hybridized carbons (Fsp3) is 0.381. The molecule has 27 heavy (non-hydrogen) atoms. The molecule has 2 aromatic carbocycles. The molecular weight excluding hydrogens is 378 g/mol. The summed E-state index contributed by atoms with van der Waals surface area (Å²) in [4.78, 5) is 15.9. The van der Waals surface area contributed by atoms with Crippen LogP contribution in [0.2, 0.25) is 0 Å². The lowest BCUT2D eigenvalue weighted by Crippen LogP contribution is -2.42. The predicted octanol–water partition coefficient (Wildman–Crippen LogP) is 3.49. The van der Waals surface area contributed by atoms with Crippen LogP contribution < -0.4 is 4.90 Å². The first-order valence-electron chi connectivity index (χ1n) is 9.34. The number of benzene rings is 2. The second-order valence-electron chi connectivity index (χ2n) is 7.23. The highest BCUT2D eigenvalue weighted by atomic mass is 32.2. The highest BCUT2D eigenvalue weighted by molar-refractivity contribution is 8.00. The number of carbonyl (C=O) groups is 1. The summed E-state index contributed by atoms with van der Waals surface area (Å²) in [6.45, 7) is 0. The van der Waals surface area contributed by atoms with Gasteiger partial charge in [-0.1, -0.05) is 24.3 Å². The Morgan fingerprint density at radius 1 is 1.07 bits per heavy atom. The minimum atomic E-state index is -3.06. The van der Waals surface area contributed by atoms with Gasteiger partial charge in [0.2, 0.25) is 5.91 Å². The number of sulfone groups is 1. The van der Waals surface area contributed by atoms with Crippen LogP contribution in [0.3, 0.4) is 0 Å². The maximum Gasteiger partial charge on any atom is 0.237 e. The summed E-state index contributed by atoms with van der Waals surface area (Å²) in [6.07, 6.45) is 3.98. The molecule has 1 fully saturated rings. The molecule has 0 radical (unpaired) electrons. The van der Waals surface area contributed by atoms with Gasteiger partial charge in [-0.3, -0.25) is 4.79 Å². The number of amides is 1. The zero-order valence-electron chi connectivity index (χ0n) is 15.1. The number of aryl methyl sites for hydroxylation is 2. The van der Waals surface area contributed by atoms with E-state index in [-0.39, 0.29) is 23.5 Å². The molecule has 0 unspecified atom stereocenters. The number of hydrogen-bond donors (Lipinski definition) is 0. The maximum atomic E-state index is 13.1. The zero-order valence-corrected chi connectivity index (χ0v) is 16.8. The van der Waals surface area contributed by atoms with Gasteiger partial charge in [0.25, 0.3) is 0 Å². The van der Waals surface area contributed by atoms with E-state index in [0.29, 0.717) is 12.2 Å². The minimum absolute atomic E-state index is 0.0335. The first-order valence-corrected chi connectivity index (χ1v) is 12.1. The predicted molar refractivity (Wildman–Crippen MR) is 110 cm³/mol. The molecule has 2 aliphatic rings. The quantitative estimate of drug-likeness (QED) is 0.720. The van der Waals surface area contributed by atoms with Crippen molar-refractivity contribution < 1.29 is 13.2 Å². The summed E-state index contributed by atoms with van der Waals surface area (Å²) in [5, 5.41) is 0. The van der Waals surface area contributed by atoms with Crippen molar-refractivity contribution in [3.8, 4) is 0 Å². The van der Waals surface area contributed by atoms with Crippen molar-refractivity contribution >= 4 is 33.2 Å². The number of para-hydroxylation sites is 1. The third-order valence-corrected chi connectivity index (χ3v) is 8.04. The van der Waals surface area contributed by atoms with E-state index in [1.54, 1.807) is 4.90 Å². The van der Waals surface area contributed by atoms with E-state index in [2.05, 4.69) is 18.2 Å². The van der Waals surface area contributed by atoms with E-state index < -0.39 is 9.84 Å². The molecule has 1 saturated heterocycles. The number of nitrogens with zero attached hydrogens (tertiary/aromatic N) is 1. The van der Waals surface area contributed by atoms with Gasteiger partial charge in [0.1, 0.15) is 0 Å². The Morgan fingerprint density at radius 3 is 2.59 bits per heavy atom. The lowest BCUT2D eigenvalue weighted by Gasteiger charge is -2.28. The fourth-order valence-electron chi connectivity index (χ4n) is 3.98. The molecule has 1 heterocycles. The molecule has 6 heteroatoms. The van der Waals surface area contributed by atoms with Crippen LogP contribution in [0.25, 0.3) is 0 Å². The van der Waals surface area contributed by atoms with Gasteiger partial charge in [-0.2, -0.15) is 0 Å². The van der Waals surface area contributed by atoms with Crippen molar-refractivity contribution in [2.45, 2.75) is 36.6 Å². The van der Waals surface area contributed by atoms with Crippen LogP contribution >= 0.6 is 11.8 Å². The molecule has 0 saturated carbocycles. The summed E-state index contributed by atoms with van der Waals surface area (Å²) in [7, 11) is -3.06. The van der Waals surface area contributed by atoms with Gasteiger partial charge in [-0.25, -0.2) is 8.42 Å². The normalized spacial score (nSPS) is 20.4. The molecule has 142 valence electrons. The molecule has 1 aliphatic heterocycles. The smallest absolute Gasteiger partial charge is 0.237 e. The second-order valence-corrected chi connectivity index (χ2v) is 10.5. The van der Waals surface area contributed by atoms with Crippen molar-refractivity contribution in [3.05, 3.63) is 59.7 Å². The minimum Gasteiger partial charge on any atom is -0.308 e. The van der Waals surface area contributed by atoms with E-state index in [0.717, 1.165) is 23.4 Å². The average molecular weight is 402 g/mol. The zero-order chi connectivity index (χ0) is 18.9. The van der Waals surface area contributed by atoms with Crippen LogP contribution in [0.5, 0.6) is 0 Å². The van der Waals surface area contributed by atoms with Crippen molar-refractivity contribution in [1.82, 2.24) is 0 Å². The number of thioether (sulfide) groups is 1. The molecule has 4 nitrogen and oxygen atoms in total. The Labute approximate surface area is 164 Å². The molecule has 0 N–H and O–H groups in total. The van der Waals surface area contributed by atoms with Gasteiger partial charge >= 0.3 is 0 Å². The maximum absolute atomic E-state index is 13.1. The molecule has 0 aromatic heterocycles. The van der Waals surface area contributed by atoms with Crippen LogP contribution in [0.4, 0.5) is 5.69 Å². The van der Waals surface area contributed by atoms with E-state index in [1.807, 2.05) is 30.3 Å². The van der Waals surface area contributed by atoms with Gasteiger partial charge < -0.3 is 4.90 Å². The van der Waals surface area contributed by atoms with Gasteiger partial charge in [-0.05, 0) is 61.1 Å². The van der Waals surface area contributed by atoms with Crippen LogP contribution in [0.15, 0.2) is 53.4 Å². The fourth-order valence-corrected chi connectivity index (χ4v) is 6.50. The number of rotatable bonds is 5. The van der Waals surface area contributed by atoms with Gasteiger partial charge in [0, 0.05) is 10.6 Å². The van der Waals surface area contributed by atoms with Crippen molar-refractivity contribution in [3.63, 3.8) is 0 Å². The molecule has 1 amide bonds. The number of fused-ring (bicyclic) bond motifs is 1. The van der Waals surface area contributed by atoms with Crippen molar-refractivity contribution in [2.75, 3.05) is 22.2 Å². The summed E-state index contributed by atoms with van der Waals surface area (Å²) in [5.74, 6) is 0.488. The molecule has 0 bridgehead atoms. The van der Waals surface area contributed by atoms with Crippen molar-refractivity contribution in [1.29, 1.82) is 0 Å². The third kappa shape index (κ3) is 4.22. The largest absolute Gasteiger partial charge is 0.308 e. The summed E-state index contributed by atoms with van der Waals surface area (Å²) in [6, 6.07) is 15.6. The lowest BCUT2D eigenvalue weighted by molar-refractivity contribution is -0.116. The summed E-state index contributed by atoms with van der Waals surface area (Å²) in [5.41, 5.74) is 3.60. The number of anilines is 1.